The lowest BCUT2D eigenvalue weighted by Crippen LogP contribution is -2.32. The van der Waals surface area contributed by atoms with Crippen molar-refractivity contribution in [3.05, 3.63) is 88.4 Å². The van der Waals surface area contributed by atoms with Crippen LogP contribution in [0.2, 0.25) is 5.02 Å². The fourth-order valence-electron chi connectivity index (χ4n) is 2.71. The third-order valence-corrected chi connectivity index (χ3v) is 5.58. The molecule has 6 nitrogen and oxygen atoms in total. The van der Waals surface area contributed by atoms with Crippen LogP contribution in [0.15, 0.2) is 78.0 Å². The van der Waals surface area contributed by atoms with Gasteiger partial charge in [-0.15, -0.1) is 0 Å². The zero-order chi connectivity index (χ0) is 19.7. The predicted octanol–water partition coefficient (Wildman–Crippen LogP) is 4.26. The molecule has 0 N–H and O–H groups in total. The predicted molar refractivity (Wildman–Crippen MR) is 107 cm³/mol. The summed E-state index contributed by atoms with van der Waals surface area (Å²) in [6, 6.07) is 16.9. The number of rotatable bonds is 4. The average Bonchev–Trinajstić information content (AvgIpc) is 2.67. The Hall–Kier alpha value is -3.03. The van der Waals surface area contributed by atoms with Gasteiger partial charge < -0.3 is 9.71 Å². The van der Waals surface area contributed by atoms with Gasteiger partial charge in [0.25, 0.3) is 0 Å². The molecule has 0 spiro atoms. The first kappa shape index (κ1) is 18.3. The first-order valence-corrected chi connectivity index (χ1v) is 10.2. The molecule has 0 saturated carbocycles. The Kier molecular flexibility index (Phi) is 4.70. The van der Waals surface area contributed by atoms with Crippen molar-refractivity contribution >= 4 is 38.5 Å². The average molecular weight is 411 g/mol. The van der Waals surface area contributed by atoms with Crippen LogP contribution in [0.5, 0.6) is 0 Å². The second kappa shape index (κ2) is 7.18. The Morgan fingerprint density at radius 1 is 0.929 bits per heavy atom. The first-order valence-electron chi connectivity index (χ1n) is 8.41. The molecule has 0 saturated heterocycles. The number of para-hydroxylation sites is 2. The quantitative estimate of drug-likeness (QED) is 0.471. The van der Waals surface area contributed by atoms with E-state index in [4.69, 9.17) is 11.6 Å². The van der Waals surface area contributed by atoms with Crippen molar-refractivity contribution in [2.45, 2.75) is 11.8 Å². The summed E-state index contributed by atoms with van der Waals surface area (Å²) in [5.41, 5.74) is 2.20. The van der Waals surface area contributed by atoms with Crippen molar-refractivity contribution in [3.63, 3.8) is 0 Å². The highest BCUT2D eigenvalue weighted by Crippen LogP contribution is 2.30. The third kappa shape index (κ3) is 3.67. The molecule has 2 aromatic heterocycles. The van der Waals surface area contributed by atoms with E-state index in [0.29, 0.717) is 21.9 Å². The van der Waals surface area contributed by atoms with E-state index in [1.165, 1.54) is 24.3 Å². The summed E-state index contributed by atoms with van der Waals surface area (Å²) in [6.45, 7) is 1.94. The van der Waals surface area contributed by atoms with E-state index in [9.17, 15) is 8.42 Å². The molecule has 2 aromatic carbocycles. The highest BCUT2D eigenvalue weighted by atomic mass is 35.5. The van der Waals surface area contributed by atoms with Gasteiger partial charge in [0.1, 0.15) is 0 Å². The van der Waals surface area contributed by atoms with Crippen LogP contribution < -0.4 is 4.57 Å². The largest absolute Gasteiger partial charge is 0.425 e. The van der Waals surface area contributed by atoms with Gasteiger partial charge in [-0.2, -0.15) is 0 Å². The van der Waals surface area contributed by atoms with Crippen LogP contribution in [-0.2, 0) is 10.0 Å². The first-order chi connectivity index (χ1) is 13.4. The summed E-state index contributed by atoms with van der Waals surface area (Å²) in [5, 5.41) is 0.445. The van der Waals surface area contributed by atoms with E-state index in [2.05, 4.69) is 14.7 Å². The number of halogens is 1. The van der Waals surface area contributed by atoms with Gasteiger partial charge in [0, 0.05) is 16.4 Å². The Balaban J connectivity index is 1.87. The fraction of sp³-hybridized carbons (Fsp3) is 0.0500. The molecule has 2 heterocycles. The zero-order valence-corrected chi connectivity index (χ0v) is 16.4. The number of hydrogen-bond donors (Lipinski definition) is 0. The van der Waals surface area contributed by atoms with Crippen LogP contribution in [0, 0.1) is 6.92 Å². The number of pyridine rings is 1. The minimum absolute atomic E-state index is 0.0178. The van der Waals surface area contributed by atoms with Crippen LogP contribution in [-0.4, -0.2) is 18.4 Å². The van der Waals surface area contributed by atoms with Crippen molar-refractivity contribution in [2.75, 3.05) is 0 Å². The lowest BCUT2D eigenvalue weighted by atomic mass is 10.3. The molecule has 140 valence electrons. The van der Waals surface area contributed by atoms with Gasteiger partial charge in [-0.1, -0.05) is 35.9 Å². The molecule has 4 rings (SSSR count). The van der Waals surface area contributed by atoms with Gasteiger partial charge in [-0.25, -0.2) is 13.0 Å². The molecule has 0 fully saturated rings. The van der Waals surface area contributed by atoms with Crippen molar-refractivity contribution < 1.29 is 13.0 Å². The molecule has 4 aromatic rings. The van der Waals surface area contributed by atoms with Crippen molar-refractivity contribution in [1.29, 1.82) is 0 Å². The molecule has 0 aliphatic rings. The number of fused-ring (bicyclic) bond motifs is 1. The topological polar surface area (TPSA) is 77.9 Å². The molecule has 0 bridgehead atoms. The highest BCUT2D eigenvalue weighted by molar-refractivity contribution is 7.94. The molecule has 0 amide bonds. The van der Waals surface area contributed by atoms with Crippen LogP contribution >= 0.6 is 11.6 Å². The van der Waals surface area contributed by atoms with Crippen LogP contribution in [0.4, 0.5) is 5.82 Å². The van der Waals surface area contributed by atoms with E-state index in [-0.39, 0.29) is 10.7 Å². The zero-order valence-electron chi connectivity index (χ0n) is 14.8. The monoisotopic (exact) mass is 410 g/mol. The maximum atomic E-state index is 12.8. The fourth-order valence-corrected chi connectivity index (χ4v) is 3.78. The summed E-state index contributed by atoms with van der Waals surface area (Å²) in [4.78, 5) is 9.09. The van der Waals surface area contributed by atoms with E-state index in [1.807, 2.05) is 43.5 Å². The lowest BCUT2D eigenvalue weighted by Gasteiger charge is -2.16. The molecule has 0 atom stereocenters. The summed E-state index contributed by atoms with van der Waals surface area (Å²) in [6.07, 6.45) is 3.62. The Labute approximate surface area is 167 Å². The number of aromatic nitrogens is 3. The normalized spacial score (nSPS) is 11.5. The molecule has 0 aliphatic heterocycles. The van der Waals surface area contributed by atoms with E-state index in [1.54, 1.807) is 16.8 Å². The number of sulfonamides is 1. The molecule has 0 unspecified atom stereocenters. The Bertz CT molecular complexity index is 1280. The SMILES string of the molecule is Cc1ccc[n+](-c2nc3ccccc3nc2[N-]S(=O)(=O)c2ccc(Cl)cc2)c1. The van der Waals surface area contributed by atoms with Gasteiger partial charge in [0.15, 0.2) is 5.52 Å². The minimum atomic E-state index is -3.99. The molecule has 28 heavy (non-hydrogen) atoms. The molecule has 0 radical (unpaired) electrons. The standard InChI is InChI=1S/C20H15ClN4O2S/c1-14-5-4-12-25(13-14)20-19(22-17-6-2-3-7-18(17)23-20)24-28(26,27)16-10-8-15(21)9-11-16/h2-13H,1H3. The van der Waals surface area contributed by atoms with Gasteiger partial charge in [-0.05, 0) is 53.9 Å². The van der Waals surface area contributed by atoms with Crippen molar-refractivity contribution in [3.8, 4) is 5.82 Å². The van der Waals surface area contributed by atoms with E-state index in [0.717, 1.165) is 5.56 Å². The number of aryl methyl sites for hydroxylation is 1. The summed E-state index contributed by atoms with van der Waals surface area (Å²) < 4.78 is 31.3. The van der Waals surface area contributed by atoms with Crippen molar-refractivity contribution in [1.82, 2.24) is 9.97 Å². The second-order valence-electron chi connectivity index (χ2n) is 6.17. The second-order valence-corrected chi connectivity index (χ2v) is 8.21. The number of hydrogen-bond acceptors (Lipinski definition) is 4. The molecular formula is C20H15ClN4O2S. The van der Waals surface area contributed by atoms with Gasteiger partial charge in [-0.3, -0.25) is 0 Å². The smallest absolute Gasteiger partial charge is 0.327 e. The molecule has 0 aliphatic carbocycles. The van der Waals surface area contributed by atoms with Crippen LogP contribution in [0.3, 0.4) is 0 Å². The van der Waals surface area contributed by atoms with Gasteiger partial charge >= 0.3 is 5.82 Å². The van der Waals surface area contributed by atoms with Crippen LogP contribution in [0.25, 0.3) is 21.6 Å². The summed E-state index contributed by atoms with van der Waals surface area (Å²) in [5.74, 6) is 0.351. The summed E-state index contributed by atoms with van der Waals surface area (Å²) in [7, 11) is -3.99. The van der Waals surface area contributed by atoms with Gasteiger partial charge in [0.05, 0.1) is 17.3 Å². The lowest BCUT2D eigenvalue weighted by molar-refractivity contribution is -0.599. The van der Waals surface area contributed by atoms with E-state index < -0.39 is 10.0 Å². The number of benzene rings is 2. The van der Waals surface area contributed by atoms with Crippen LogP contribution in [0.1, 0.15) is 5.56 Å². The minimum Gasteiger partial charge on any atom is -0.425 e. The Morgan fingerprint density at radius 3 is 2.29 bits per heavy atom. The van der Waals surface area contributed by atoms with Crippen molar-refractivity contribution in [2.24, 2.45) is 0 Å². The third-order valence-electron chi connectivity index (χ3n) is 4.05. The molecule has 8 heteroatoms. The molecular weight excluding hydrogens is 396 g/mol. The maximum Gasteiger partial charge on any atom is 0.327 e. The maximum absolute atomic E-state index is 12.8. The number of nitrogens with zero attached hydrogens (tertiary/aromatic N) is 4. The van der Waals surface area contributed by atoms with E-state index >= 15 is 0 Å². The van der Waals surface area contributed by atoms with Gasteiger partial charge in [0.2, 0.25) is 10.0 Å². The summed E-state index contributed by atoms with van der Waals surface area (Å²) >= 11 is 5.86. The Morgan fingerprint density at radius 2 is 1.61 bits per heavy atom. The highest BCUT2D eigenvalue weighted by Gasteiger charge is 2.18.